The zero-order valence-corrected chi connectivity index (χ0v) is 12.4. The number of rotatable bonds is 4. The van der Waals surface area contributed by atoms with Gasteiger partial charge in [-0.2, -0.15) is 0 Å². The first-order chi connectivity index (χ1) is 9.72. The zero-order valence-electron chi connectivity index (χ0n) is 11.7. The lowest BCUT2D eigenvalue weighted by Crippen LogP contribution is -2.31. The summed E-state index contributed by atoms with van der Waals surface area (Å²) in [6.07, 6.45) is 9.79. The van der Waals surface area contributed by atoms with Gasteiger partial charge in [-0.05, 0) is 31.0 Å². The Morgan fingerprint density at radius 2 is 2.35 bits per heavy atom. The normalized spacial score (nSPS) is 18.2. The summed E-state index contributed by atoms with van der Waals surface area (Å²) in [4.78, 5) is 10.7. The summed E-state index contributed by atoms with van der Waals surface area (Å²) in [5, 5.41) is 0.750. The summed E-state index contributed by atoms with van der Waals surface area (Å²) in [7, 11) is 2.15. The molecule has 0 spiro atoms. The van der Waals surface area contributed by atoms with Crippen LogP contribution in [0.2, 0.25) is 5.02 Å². The van der Waals surface area contributed by atoms with Crippen LogP contribution in [0.4, 0.5) is 0 Å². The smallest absolute Gasteiger partial charge is 0.108 e. The molecule has 0 N–H and O–H groups in total. The average molecular weight is 291 g/mol. The second-order valence-electron chi connectivity index (χ2n) is 5.56. The van der Waals surface area contributed by atoms with Gasteiger partial charge < -0.3 is 9.47 Å². The average Bonchev–Trinajstić information content (AvgIpc) is 2.89. The van der Waals surface area contributed by atoms with E-state index < -0.39 is 0 Å². The van der Waals surface area contributed by atoms with E-state index in [-0.39, 0.29) is 0 Å². The van der Waals surface area contributed by atoms with Crippen molar-refractivity contribution in [2.24, 2.45) is 5.92 Å². The Hall–Kier alpha value is -1.39. The van der Waals surface area contributed by atoms with Gasteiger partial charge in [0.15, 0.2) is 0 Å². The van der Waals surface area contributed by atoms with Crippen LogP contribution in [0.25, 0.3) is 0 Å². The lowest BCUT2D eigenvalue weighted by molar-refractivity contribution is 0.229. The highest BCUT2D eigenvalue weighted by Crippen LogP contribution is 2.21. The Labute approximate surface area is 124 Å². The predicted molar refractivity (Wildman–Crippen MR) is 79.6 cm³/mol. The molecule has 0 radical (unpaired) electrons. The number of pyridine rings is 1. The quantitative estimate of drug-likeness (QED) is 0.868. The van der Waals surface area contributed by atoms with Crippen LogP contribution in [-0.2, 0) is 19.5 Å². The number of hydrogen-bond acceptors (Lipinski definition) is 3. The van der Waals surface area contributed by atoms with Crippen molar-refractivity contribution in [2.45, 2.75) is 25.9 Å². The fourth-order valence-electron chi connectivity index (χ4n) is 2.91. The molecule has 20 heavy (non-hydrogen) atoms. The molecule has 0 saturated heterocycles. The molecule has 2 aromatic rings. The Bertz CT molecular complexity index is 581. The van der Waals surface area contributed by atoms with E-state index in [1.54, 1.807) is 12.4 Å². The summed E-state index contributed by atoms with van der Waals surface area (Å²) in [5.41, 5.74) is 1.14. The molecule has 0 bridgehead atoms. The third kappa shape index (κ3) is 3.02. The molecule has 1 atom stereocenters. The summed E-state index contributed by atoms with van der Waals surface area (Å²) in [6, 6.07) is 1.99. The van der Waals surface area contributed by atoms with Gasteiger partial charge in [0.2, 0.25) is 0 Å². The number of halogens is 1. The minimum absolute atomic E-state index is 0.683. The number of hydrogen-bond donors (Lipinski definition) is 0. The monoisotopic (exact) mass is 290 g/mol. The van der Waals surface area contributed by atoms with Crippen molar-refractivity contribution in [3.05, 3.63) is 47.3 Å². The molecule has 4 nitrogen and oxygen atoms in total. The lowest BCUT2D eigenvalue weighted by atomic mass is 9.99. The molecule has 3 rings (SSSR count). The maximum atomic E-state index is 6.16. The van der Waals surface area contributed by atoms with Gasteiger partial charge in [-0.15, -0.1) is 0 Å². The molecule has 0 amide bonds. The number of fused-ring (bicyclic) bond motifs is 1. The molecule has 3 heterocycles. The maximum absolute atomic E-state index is 6.16. The molecule has 0 aromatic carbocycles. The molecule has 106 valence electrons. The molecular formula is C15H19ClN4. The summed E-state index contributed by atoms with van der Waals surface area (Å²) >= 11 is 6.16. The van der Waals surface area contributed by atoms with Crippen LogP contribution in [0, 0.1) is 5.92 Å². The first-order valence-electron chi connectivity index (χ1n) is 6.99. The molecule has 0 aliphatic carbocycles. The van der Waals surface area contributed by atoms with Gasteiger partial charge in [-0.3, -0.25) is 4.98 Å². The lowest BCUT2D eigenvalue weighted by Gasteiger charge is -2.28. The predicted octanol–water partition coefficient (Wildman–Crippen LogP) is 2.63. The number of imidazole rings is 1. The second-order valence-corrected chi connectivity index (χ2v) is 5.97. The highest BCUT2D eigenvalue weighted by atomic mass is 35.5. The Morgan fingerprint density at radius 3 is 3.20 bits per heavy atom. The zero-order chi connectivity index (χ0) is 13.9. The van der Waals surface area contributed by atoms with Crippen molar-refractivity contribution in [3.63, 3.8) is 0 Å². The number of aromatic nitrogens is 3. The van der Waals surface area contributed by atoms with Gasteiger partial charge in [0.1, 0.15) is 5.82 Å². The second kappa shape index (κ2) is 5.94. The molecule has 1 aliphatic heterocycles. The molecule has 1 aliphatic rings. The van der Waals surface area contributed by atoms with Gasteiger partial charge in [0.05, 0.1) is 5.02 Å². The van der Waals surface area contributed by atoms with Crippen molar-refractivity contribution in [1.82, 2.24) is 19.4 Å². The van der Waals surface area contributed by atoms with Gasteiger partial charge in [-0.25, -0.2) is 4.98 Å². The fourth-order valence-corrected chi connectivity index (χ4v) is 3.09. The van der Waals surface area contributed by atoms with Crippen molar-refractivity contribution in [1.29, 1.82) is 0 Å². The third-order valence-corrected chi connectivity index (χ3v) is 4.24. The van der Waals surface area contributed by atoms with E-state index in [9.17, 15) is 0 Å². The Kier molecular flexibility index (Phi) is 4.03. The summed E-state index contributed by atoms with van der Waals surface area (Å²) < 4.78 is 2.28. The van der Waals surface area contributed by atoms with Crippen molar-refractivity contribution in [3.8, 4) is 0 Å². The van der Waals surface area contributed by atoms with Crippen LogP contribution < -0.4 is 0 Å². The van der Waals surface area contributed by atoms with Gasteiger partial charge >= 0.3 is 0 Å². The van der Waals surface area contributed by atoms with Crippen LogP contribution in [0.5, 0.6) is 0 Å². The first-order valence-corrected chi connectivity index (χ1v) is 7.37. The number of aryl methyl sites for hydroxylation is 1. The fraction of sp³-hybridized carbons (Fsp3) is 0.467. The van der Waals surface area contributed by atoms with Crippen LogP contribution in [0.1, 0.15) is 17.8 Å². The van der Waals surface area contributed by atoms with E-state index in [0.717, 1.165) is 36.6 Å². The van der Waals surface area contributed by atoms with Crippen LogP contribution in [-0.4, -0.2) is 33.0 Å². The first kappa shape index (κ1) is 13.6. The topological polar surface area (TPSA) is 34.0 Å². The van der Waals surface area contributed by atoms with E-state index in [4.69, 9.17) is 11.6 Å². The van der Waals surface area contributed by atoms with E-state index in [1.807, 2.05) is 12.3 Å². The molecule has 0 saturated carbocycles. The minimum Gasteiger partial charge on any atom is -0.335 e. The van der Waals surface area contributed by atoms with Gasteiger partial charge in [0.25, 0.3) is 0 Å². The highest BCUT2D eigenvalue weighted by molar-refractivity contribution is 6.31. The summed E-state index contributed by atoms with van der Waals surface area (Å²) in [5.74, 6) is 1.91. The maximum Gasteiger partial charge on any atom is 0.108 e. The molecule has 1 unspecified atom stereocenters. The summed E-state index contributed by atoms with van der Waals surface area (Å²) in [6.45, 7) is 3.02. The minimum atomic E-state index is 0.683. The molecule has 2 aromatic heterocycles. The van der Waals surface area contributed by atoms with E-state index in [2.05, 4.69) is 32.7 Å². The molecule has 0 fully saturated rings. The Morgan fingerprint density at radius 1 is 1.45 bits per heavy atom. The van der Waals surface area contributed by atoms with Crippen molar-refractivity contribution >= 4 is 11.6 Å². The van der Waals surface area contributed by atoms with E-state index in [1.165, 1.54) is 12.2 Å². The van der Waals surface area contributed by atoms with Crippen LogP contribution in [0.15, 0.2) is 30.9 Å². The van der Waals surface area contributed by atoms with Gasteiger partial charge in [-0.1, -0.05) is 11.6 Å². The van der Waals surface area contributed by atoms with Crippen molar-refractivity contribution < 1.29 is 0 Å². The number of nitrogens with zero attached hydrogens (tertiary/aromatic N) is 4. The SMILES string of the molecule is CN(Cc1ccncc1Cl)CC1CCc2nccn2C1. The van der Waals surface area contributed by atoms with E-state index in [0.29, 0.717) is 5.92 Å². The molecule has 5 heteroatoms. The largest absolute Gasteiger partial charge is 0.335 e. The standard InChI is InChI=1S/C15H19ClN4/c1-19(11-13-4-5-17-8-14(13)16)9-12-2-3-15-18-6-7-20(15)10-12/h4-8,12H,2-3,9-11H2,1H3. The van der Waals surface area contributed by atoms with Crippen LogP contribution >= 0.6 is 11.6 Å². The Balaban J connectivity index is 1.58. The van der Waals surface area contributed by atoms with E-state index >= 15 is 0 Å². The molecular weight excluding hydrogens is 272 g/mol. The highest BCUT2D eigenvalue weighted by Gasteiger charge is 2.20. The third-order valence-electron chi connectivity index (χ3n) is 3.90. The van der Waals surface area contributed by atoms with Gasteiger partial charge in [0, 0.05) is 50.8 Å². The van der Waals surface area contributed by atoms with Crippen LogP contribution in [0.3, 0.4) is 0 Å². The van der Waals surface area contributed by atoms with Crippen molar-refractivity contribution in [2.75, 3.05) is 13.6 Å².